The molecule has 4 nitrogen and oxygen atoms in total. The summed E-state index contributed by atoms with van der Waals surface area (Å²) in [5, 5.41) is 3.81. The Morgan fingerprint density at radius 1 is 1.05 bits per heavy atom. The SMILES string of the molecule is Cc1ccc2cccc(C(=O)Nc3ccc(N)cc3)c2n1. The van der Waals surface area contributed by atoms with E-state index in [2.05, 4.69) is 10.3 Å². The fraction of sp³-hybridized carbons (Fsp3) is 0.0588. The Morgan fingerprint density at radius 2 is 1.81 bits per heavy atom. The lowest BCUT2D eigenvalue weighted by atomic mass is 10.1. The van der Waals surface area contributed by atoms with Crippen LogP contribution in [0.4, 0.5) is 11.4 Å². The molecule has 0 unspecified atom stereocenters. The Kier molecular flexibility index (Phi) is 3.28. The second-order valence-electron chi connectivity index (χ2n) is 4.91. The van der Waals surface area contributed by atoms with Gasteiger partial charge in [0.25, 0.3) is 5.91 Å². The van der Waals surface area contributed by atoms with Crippen LogP contribution in [0.2, 0.25) is 0 Å². The molecule has 104 valence electrons. The zero-order valence-corrected chi connectivity index (χ0v) is 11.6. The van der Waals surface area contributed by atoms with E-state index in [-0.39, 0.29) is 5.91 Å². The number of nitrogens with two attached hydrogens (primary N) is 1. The Labute approximate surface area is 122 Å². The van der Waals surface area contributed by atoms with Crippen molar-refractivity contribution >= 4 is 28.2 Å². The summed E-state index contributed by atoms with van der Waals surface area (Å²) in [5.41, 5.74) is 9.17. The molecule has 0 atom stereocenters. The number of carbonyl (C=O) groups excluding carboxylic acids is 1. The number of amides is 1. The Morgan fingerprint density at radius 3 is 2.57 bits per heavy atom. The van der Waals surface area contributed by atoms with Crippen LogP contribution >= 0.6 is 0 Å². The van der Waals surface area contributed by atoms with Gasteiger partial charge in [0.05, 0.1) is 11.1 Å². The number of rotatable bonds is 2. The summed E-state index contributed by atoms with van der Waals surface area (Å²) in [7, 11) is 0. The van der Waals surface area contributed by atoms with E-state index >= 15 is 0 Å². The maximum Gasteiger partial charge on any atom is 0.257 e. The number of para-hydroxylation sites is 1. The van der Waals surface area contributed by atoms with Crippen molar-refractivity contribution in [1.82, 2.24) is 4.98 Å². The fourth-order valence-corrected chi connectivity index (χ4v) is 2.19. The summed E-state index contributed by atoms with van der Waals surface area (Å²) in [4.78, 5) is 16.9. The number of nitrogens with zero attached hydrogens (tertiary/aromatic N) is 1. The largest absolute Gasteiger partial charge is 0.399 e. The molecule has 0 fully saturated rings. The van der Waals surface area contributed by atoms with Crippen LogP contribution in [0.25, 0.3) is 10.9 Å². The van der Waals surface area contributed by atoms with Crippen LogP contribution in [0, 0.1) is 6.92 Å². The van der Waals surface area contributed by atoms with Crippen molar-refractivity contribution in [3.63, 3.8) is 0 Å². The number of aromatic nitrogens is 1. The summed E-state index contributed by atoms with van der Waals surface area (Å²) in [5.74, 6) is -0.177. The summed E-state index contributed by atoms with van der Waals surface area (Å²) >= 11 is 0. The van der Waals surface area contributed by atoms with Gasteiger partial charge in [-0.1, -0.05) is 18.2 Å². The minimum atomic E-state index is -0.177. The number of anilines is 2. The maximum absolute atomic E-state index is 12.4. The third-order valence-corrected chi connectivity index (χ3v) is 3.27. The number of aryl methyl sites for hydroxylation is 1. The van der Waals surface area contributed by atoms with Gasteiger partial charge in [0, 0.05) is 22.5 Å². The van der Waals surface area contributed by atoms with Gasteiger partial charge in [-0.15, -0.1) is 0 Å². The lowest BCUT2D eigenvalue weighted by Crippen LogP contribution is -2.13. The van der Waals surface area contributed by atoms with Gasteiger partial charge in [-0.05, 0) is 43.3 Å². The molecule has 1 heterocycles. The van der Waals surface area contributed by atoms with E-state index in [0.29, 0.717) is 22.5 Å². The van der Waals surface area contributed by atoms with E-state index in [1.54, 1.807) is 30.3 Å². The number of fused-ring (bicyclic) bond motifs is 1. The molecule has 0 bridgehead atoms. The molecule has 1 amide bonds. The third kappa shape index (κ3) is 2.69. The van der Waals surface area contributed by atoms with E-state index in [9.17, 15) is 4.79 Å². The second kappa shape index (κ2) is 5.25. The minimum Gasteiger partial charge on any atom is -0.399 e. The van der Waals surface area contributed by atoms with Crippen molar-refractivity contribution in [2.24, 2.45) is 0 Å². The van der Waals surface area contributed by atoms with Crippen LogP contribution < -0.4 is 11.1 Å². The molecule has 4 heteroatoms. The maximum atomic E-state index is 12.4. The highest BCUT2D eigenvalue weighted by atomic mass is 16.1. The molecule has 0 aliphatic carbocycles. The van der Waals surface area contributed by atoms with Gasteiger partial charge >= 0.3 is 0 Å². The smallest absolute Gasteiger partial charge is 0.257 e. The predicted octanol–water partition coefficient (Wildman–Crippen LogP) is 3.38. The second-order valence-corrected chi connectivity index (χ2v) is 4.91. The Bertz CT molecular complexity index is 810. The quantitative estimate of drug-likeness (QED) is 0.706. The van der Waals surface area contributed by atoms with Gasteiger partial charge in [-0.2, -0.15) is 0 Å². The zero-order valence-electron chi connectivity index (χ0n) is 11.6. The first kappa shape index (κ1) is 13.1. The predicted molar refractivity (Wildman–Crippen MR) is 85.3 cm³/mol. The Balaban J connectivity index is 1.97. The van der Waals surface area contributed by atoms with Crippen LogP contribution in [0.5, 0.6) is 0 Å². The van der Waals surface area contributed by atoms with Crippen LogP contribution in [-0.2, 0) is 0 Å². The summed E-state index contributed by atoms with van der Waals surface area (Å²) < 4.78 is 0. The summed E-state index contributed by atoms with van der Waals surface area (Å²) in [6.07, 6.45) is 0. The first-order valence-corrected chi connectivity index (χ1v) is 6.67. The zero-order chi connectivity index (χ0) is 14.8. The topological polar surface area (TPSA) is 68.0 Å². The number of hydrogen-bond donors (Lipinski definition) is 2. The average molecular weight is 277 g/mol. The van der Waals surface area contributed by atoms with Crippen molar-refractivity contribution in [2.45, 2.75) is 6.92 Å². The molecule has 3 N–H and O–H groups in total. The summed E-state index contributed by atoms with van der Waals surface area (Å²) in [6, 6.07) is 16.5. The third-order valence-electron chi connectivity index (χ3n) is 3.27. The number of carbonyl (C=O) groups is 1. The normalized spacial score (nSPS) is 10.5. The van der Waals surface area contributed by atoms with Crippen molar-refractivity contribution < 1.29 is 4.79 Å². The van der Waals surface area contributed by atoms with Crippen molar-refractivity contribution in [3.8, 4) is 0 Å². The van der Waals surface area contributed by atoms with Gasteiger partial charge in [0.15, 0.2) is 0 Å². The van der Waals surface area contributed by atoms with E-state index in [0.717, 1.165) is 11.1 Å². The molecule has 21 heavy (non-hydrogen) atoms. The highest BCUT2D eigenvalue weighted by Crippen LogP contribution is 2.19. The lowest BCUT2D eigenvalue weighted by Gasteiger charge is -2.08. The molecule has 0 aliphatic heterocycles. The van der Waals surface area contributed by atoms with E-state index in [4.69, 9.17) is 5.73 Å². The first-order valence-electron chi connectivity index (χ1n) is 6.67. The number of hydrogen-bond acceptors (Lipinski definition) is 3. The highest BCUT2D eigenvalue weighted by Gasteiger charge is 2.11. The molecule has 0 saturated heterocycles. The van der Waals surface area contributed by atoms with Gasteiger partial charge in [-0.25, -0.2) is 0 Å². The average Bonchev–Trinajstić information content (AvgIpc) is 2.49. The van der Waals surface area contributed by atoms with Gasteiger partial charge < -0.3 is 11.1 Å². The van der Waals surface area contributed by atoms with Gasteiger partial charge in [-0.3, -0.25) is 9.78 Å². The van der Waals surface area contributed by atoms with Crippen LogP contribution in [0.1, 0.15) is 16.1 Å². The minimum absolute atomic E-state index is 0.177. The molecule has 3 rings (SSSR count). The molecule has 0 spiro atoms. The Hall–Kier alpha value is -2.88. The fourth-order valence-electron chi connectivity index (χ4n) is 2.19. The highest BCUT2D eigenvalue weighted by molar-refractivity contribution is 6.11. The van der Waals surface area contributed by atoms with Crippen molar-refractivity contribution in [1.29, 1.82) is 0 Å². The molecule has 0 aliphatic rings. The molecule has 1 aromatic heterocycles. The number of nitrogens with one attached hydrogen (secondary N) is 1. The monoisotopic (exact) mass is 277 g/mol. The number of benzene rings is 2. The molecule has 3 aromatic rings. The van der Waals surface area contributed by atoms with Crippen LogP contribution in [-0.4, -0.2) is 10.9 Å². The molecule has 0 radical (unpaired) electrons. The standard InChI is InChI=1S/C17H15N3O/c1-11-5-6-12-3-2-4-15(16(12)19-11)17(21)20-14-9-7-13(18)8-10-14/h2-10H,18H2,1H3,(H,20,21). The molecule has 0 saturated carbocycles. The number of nitrogen functional groups attached to an aromatic ring is 1. The molecular formula is C17H15N3O. The van der Waals surface area contributed by atoms with Gasteiger partial charge in [0.1, 0.15) is 0 Å². The van der Waals surface area contributed by atoms with Crippen LogP contribution in [0.3, 0.4) is 0 Å². The van der Waals surface area contributed by atoms with E-state index in [1.807, 2.05) is 31.2 Å². The first-order chi connectivity index (χ1) is 10.1. The number of pyridine rings is 1. The van der Waals surface area contributed by atoms with Crippen molar-refractivity contribution in [3.05, 3.63) is 65.9 Å². The molecular weight excluding hydrogens is 262 g/mol. The lowest BCUT2D eigenvalue weighted by molar-refractivity contribution is 0.102. The van der Waals surface area contributed by atoms with Crippen LogP contribution in [0.15, 0.2) is 54.6 Å². The van der Waals surface area contributed by atoms with Gasteiger partial charge in [0.2, 0.25) is 0 Å². The summed E-state index contributed by atoms with van der Waals surface area (Å²) in [6.45, 7) is 1.91. The van der Waals surface area contributed by atoms with Crippen molar-refractivity contribution in [2.75, 3.05) is 11.1 Å². The van der Waals surface area contributed by atoms with E-state index < -0.39 is 0 Å². The van der Waals surface area contributed by atoms with E-state index in [1.165, 1.54) is 0 Å². The molecule has 2 aromatic carbocycles.